The van der Waals surface area contributed by atoms with E-state index in [4.69, 9.17) is 5.11 Å². The van der Waals surface area contributed by atoms with Gasteiger partial charge in [-0.2, -0.15) is 0 Å². The topological polar surface area (TPSA) is 86.7 Å². The Morgan fingerprint density at radius 2 is 1.75 bits per heavy atom. The number of hydrogen-bond acceptors (Lipinski definition) is 4. The van der Waals surface area contributed by atoms with Crippen molar-refractivity contribution in [3.8, 4) is 0 Å². The molecule has 6 nitrogen and oxygen atoms in total. The molecule has 1 heterocycles. The van der Waals surface area contributed by atoms with Gasteiger partial charge in [0.15, 0.2) is 0 Å². The quantitative estimate of drug-likeness (QED) is 0.573. The first-order valence-electron chi connectivity index (χ1n) is 6.48. The van der Waals surface area contributed by atoms with E-state index in [9.17, 15) is 14.4 Å². The molecule has 6 heteroatoms. The fourth-order valence-electron chi connectivity index (χ4n) is 2.05. The van der Waals surface area contributed by atoms with Gasteiger partial charge in [0.05, 0.1) is 11.1 Å². The van der Waals surface area contributed by atoms with Gasteiger partial charge in [0.25, 0.3) is 11.8 Å². The molecule has 0 radical (unpaired) electrons. The number of amides is 3. The van der Waals surface area contributed by atoms with Crippen LogP contribution in [0.1, 0.15) is 33.6 Å². The average Bonchev–Trinajstić information content (AvgIpc) is 2.70. The molecule has 1 aliphatic rings. The summed E-state index contributed by atoms with van der Waals surface area (Å²) in [4.78, 5) is 36.7. The fourth-order valence-corrected chi connectivity index (χ4v) is 2.05. The predicted octanol–water partition coefficient (Wildman–Crippen LogP) is 0.171. The van der Waals surface area contributed by atoms with Crippen molar-refractivity contribution in [3.63, 3.8) is 0 Å². The molecule has 1 aromatic rings. The molecule has 0 saturated carbocycles. The SMILES string of the molecule is O=C(CCN1C(=O)c2ccccc2C1=O)NCCCO. The van der Waals surface area contributed by atoms with Crippen LogP contribution in [0.3, 0.4) is 0 Å². The summed E-state index contributed by atoms with van der Waals surface area (Å²) >= 11 is 0. The standard InChI is InChI=1S/C14H16N2O4/c17-9-3-7-15-12(18)6-8-16-13(19)10-4-1-2-5-11(10)14(16)20/h1-2,4-5,17H,3,6-9H2,(H,15,18). The summed E-state index contributed by atoms with van der Waals surface area (Å²) in [6.07, 6.45) is 0.551. The van der Waals surface area contributed by atoms with Gasteiger partial charge in [-0.15, -0.1) is 0 Å². The summed E-state index contributed by atoms with van der Waals surface area (Å²) < 4.78 is 0. The summed E-state index contributed by atoms with van der Waals surface area (Å²) in [5, 5.41) is 11.2. The Labute approximate surface area is 116 Å². The van der Waals surface area contributed by atoms with Crippen molar-refractivity contribution in [2.24, 2.45) is 0 Å². The second-order valence-electron chi connectivity index (χ2n) is 4.48. The number of hydrogen-bond donors (Lipinski definition) is 2. The van der Waals surface area contributed by atoms with E-state index in [0.717, 1.165) is 4.90 Å². The molecule has 2 N–H and O–H groups in total. The maximum Gasteiger partial charge on any atom is 0.261 e. The lowest BCUT2D eigenvalue weighted by Gasteiger charge is -2.13. The van der Waals surface area contributed by atoms with Crippen molar-refractivity contribution in [2.75, 3.05) is 19.7 Å². The first-order valence-corrected chi connectivity index (χ1v) is 6.48. The molecule has 0 unspecified atom stereocenters. The van der Waals surface area contributed by atoms with Crippen LogP contribution in [0, 0.1) is 0 Å². The molecule has 0 saturated heterocycles. The van der Waals surface area contributed by atoms with Crippen molar-refractivity contribution in [1.29, 1.82) is 0 Å². The normalized spacial score (nSPS) is 13.6. The molecule has 1 aliphatic heterocycles. The monoisotopic (exact) mass is 276 g/mol. The summed E-state index contributed by atoms with van der Waals surface area (Å²) in [6.45, 7) is 0.466. The predicted molar refractivity (Wildman–Crippen MR) is 71.1 cm³/mol. The number of fused-ring (bicyclic) bond motifs is 1. The number of imide groups is 1. The summed E-state index contributed by atoms with van der Waals surface area (Å²) in [7, 11) is 0. The Morgan fingerprint density at radius 1 is 1.15 bits per heavy atom. The van der Waals surface area contributed by atoms with E-state index >= 15 is 0 Å². The number of nitrogens with zero attached hydrogens (tertiary/aromatic N) is 1. The Bertz CT molecular complexity index is 507. The Hall–Kier alpha value is -2.21. The summed E-state index contributed by atoms with van der Waals surface area (Å²) in [6, 6.07) is 6.62. The van der Waals surface area contributed by atoms with Crippen LogP contribution in [0.25, 0.3) is 0 Å². The van der Waals surface area contributed by atoms with Crippen LogP contribution in [0.4, 0.5) is 0 Å². The van der Waals surface area contributed by atoms with Gasteiger partial charge in [-0.1, -0.05) is 12.1 Å². The number of benzene rings is 1. The molecule has 20 heavy (non-hydrogen) atoms. The number of nitrogens with one attached hydrogen (secondary N) is 1. The minimum absolute atomic E-state index is 0.0126. The lowest BCUT2D eigenvalue weighted by atomic mass is 10.1. The molecule has 0 fully saturated rings. The van der Waals surface area contributed by atoms with E-state index in [1.54, 1.807) is 24.3 Å². The Balaban J connectivity index is 1.91. The highest BCUT2D eigenvalue weighted by Crippen LogP contribution is 2.22. The van der Waals surface area contributed by atoms with Crippen LogP contribution in [-0.4, -0.2) is 47.4 Å². The zero-order chi connectivity index (χ0) is 14.5. The molecule has 3 amide bonds. The minimum atomic E-state index is -0.353. The third-order valence-electron chi connectivity index (χ3n) is 3.10. The Kier molecular flexibility index (Phi) is 4.47. The molecule has 1 aromatic carbocycles. The van der Waals surface area contributed by atoms with Crippen LogP contribution < -0.4 is 5.32 Å². The first kappa shape index (κ1) is 14.2. The number of rotatable bonds is 6. The van der Waals surface area contributed by atoms with E-state index in [2.05, 4.69) is 5.32 Å². The lowest BCUT2D eigenvalue weighted by molar-refractivity contribution is -0.121. The molecule has 0 aromatic heterocycles. The van der Waals surface area contributed by atoms with Crippen LogP contribution in [0.2, 0.25) is 0 Å². The maximum absolute atomic E-state index is 12.0. The Morgan fingerprint density at radius 3 is 2.30 bits per heavy atom. The van der Waals surface area contributed by atoms with Gasteiger partial charge < -0.3 is 10.4 Å². The lowest BCUT2D eigenvalue weighted by Crippen LogP contribution is -2.34. The summed E-state index contributed by atoms with van der Waals surface area (Å²) in [5.74, 6) is -0.947. The molecule has 0 aliphatic carbocycles. The second kappa shape index (κ2) is 6.29. The third-order valence-corrected chi connectivity index (χ3v) is 3.10. The third kappa shape index (κ3) is 2.85. The maximum atomic E-state index is 12.0. The smallest absolute Gasteiger partial charge is 0.261 e. The van der Waals surface area contributed by atoms with Gasteiger partial charge in [-0.25, -0.2) is 0 Å². The number of carbonyl (C=O) groups is 3. The van der Waals surface area contributed by atoms with Gasteiger partial charge in [0.2, 0.25) is 5.91 Å². The minimum Gasteiger partial charge on any atom is -0.396 e. The number of aliphatic hydroxyl groups excluding tert-OH is 1. The van der Waals surface area contributed by atoms with E-state index < -0.39 is 0 Å². The van der Waals surface area contributed by atoms with Crippen LogP contribution in [0.5, 0.6) is 0 Å². The van der Waals surface area contributed by atoms with E-state index in [0.29, 0.717) is 24.1 Å². The molecule has 0 bridgehead atoms. The van der Waals surface area contributed by atoms with Gasteiger partial charge >= 0.3 is 0 Å². The van der Waals surface area contributed by atoms with E-state index in [1.165, 1.54) is 0 Å². The second-order valence-corrected chi connectivity index (χ2v) is 4.48. The largest absolute Gasteiger partial charge is 0.396 e. The molecule has 0 atom stereocenters. The van der Waals surface area contributed by atoms with E-state index in [-0.39, 0.29) is 37.3 Å². The highest BCUT2D eigenvalue weighted by Gasteiger charge is 2.34. The van der Waals surface area contributed by atoms with Crippen molar-refractivity contribution in [2.45, 2.75) is 12.8 Å². The number of aliphatic hydroxyl groups is 1. The molecule has 106 valence electrons. The van der Waals surface area contributed by atoms with Gasteiger partial charge in [-0.05, 0) is 18.6 Å². The van der Waals surface area contributed by atoms with Gasteiger partial charge in [0.1, 0.15) is 0 Å². The number of carbonyl (C=O) groups excluding carboxylic acids is 3. The highest BCUT2D eigenvalue weighted by molar-refractivity contribution is 6.21. The average molecular weight is 276 g/mol. The zero-order valence-electron chi connectivity index (χ0n) is 11.0. The highest BCUT2D eigenvalue weighted by atomic mass is 16.3. The van der Waals surface area contributed by atoms with Crippen molar-refractivity contribution >= 4 is 17.7 Å². The van der Waals surface area contributed by atoms with Crippen LogP contribution >= 0.6 is 0 Å². The fraction of sp³-hybridized carbons (Fsp3) is 0.357. The molecular formula is C14H16N2O4. The first-order chi connectivity index (χ1) is 9.65. The molecule has 2 rings (SSSR count). The molecular weight excluding hydrogens is 260 g/mol. The van der Waals surface area contributed by atoms with Crippen molar-refractivity contribution in [1.82, 2.24) is 10.2 Å². The van der Waals surface area contributed by atoms with Crippen LogP contribution in [0.15, 0.2) is 24.3 Å². The molecule has 0 spiro atoms. The summed E-state index contributed by atoms with van der Waals surface area (Å²) in [5.41, 5.74) is 0.774. The van der Waals surface area contributed by atoms with Crippen molar-refractivity contribution < 1.29 is 19.5 Å². The van der Waals surface area contributed by atoms with E-state index in [1.807, 2.05) is 0 Å². The van der Waals surface area contributed by atoms with Gasteiger partial charge in [-0.3, -0.25) is 19.3 Å². The van der Waals surface area contributed by atoms with Crippen LogP contribution in [-0.2, 0) is 4.79 Å². The van der Waals surface area contributed by atoms with Crippen molar-refractivity contribution in [3.05, 3.63) is 35.4 Å². The van der Waals surface area contributed by atoms with Gasteiger partial charge in [0, 0.05) is 26.1 Å². The zero-order valence-corrected chi connectivity index (χ0v) is 11.0.